The van der Waals surface area contributed by atoms with Crippen LogP contribution in [-0.4, -0.2) is 4.92 Å². The van der Waals surface area contributed by atoms with Crippen LogP contribution >= 0.6 is 23.2 Å². The lowest BCUT2D eigenvalue weighted by Gasteiger charge is -2.12. The fraction of sp³-hybridized carbons (Fsp3) is 0.0769. The molecule has 2 N–H and O–H groups in total. The van der Waals surface area contributed by atoms with Gasteiger partial charge < -0.3 is 10.5 Å². The zero-order chi connectivity index (χ0) is 14.7. The molecule has 0 bridgehead atoms. The van der Waals surface area contributed by atoms with Crippen LogP contribution in [0.2, 0.25) is 10.0 Å². The predicted octanol–water partition coefficient (Wildman–Crippen LogP) is 4.15. The minimum absolute atomic E-state index is 0.111. The molecule has 0 unspecified atom stereocenters. The number of nitro benzene ring substituents is 1. The van der Waals surface area contributed by atoms with Gasteiger partial charge in [-0.1, -0.05) is 35.3 Å². The first-order valence-electron chi connectivity index (χ1n) is 5.62. The number of nitrogens with zero attached hydrogens (tertiary/aromatic N) is 1. The molecule has 0 heterocycles. The summed E-state index contributed by atoms with van der Waals surface area (Å²) in [6.45, 7) is 0.250. The molecule has 0 aliphatic rings. The highest BCUT2D eigenvalue weighted by Crippen LogP contribution is 2.37. The first kappa shape index (κ1) is 14.6. The van der Waals surface area contributed by atoms with E-state index in [0.717, 1.165) is 0 Å². The number of benzene rings is 2. The fourth-order valence-electron chi connectivity index (χ4n) is 1.62. The lowest BCUT2D eigenvalue weighted by atomic mass is 10.2. The van der Waals surface area contributed by atoms with Crippen molar-refractivity contribution in [2.45, 2.75) is 6.54 Å². The van der Waals surface area contributed by atoms with Gasteiger partial charge in [-0.2, -0.15) is 0 Å². The Morgan fingerprint density at radius 2 is 1.95 bits per heavy atom. The van der Waals surface area contributed by atoms with Gasteiger partial charge in [-0.15, -0.1) is 0 Å². The third-order valence-electron chi connectivity index (χ3n) is 2.61. The van der Waals surface area contributed by atoms with E-state index in [-0.39, 0.29) is 23.0 Å². The Morgan fingerprint density at radius 3 is 2.55 bits per heavy atom. The van der Waals surface area contributed by atoms with Gasteiger partial charge in [0.2, 0.25) is 0 Å². The average molecular weight is 313 g/mol. The Balaban J connectivity index is 2.38. The molecule has 0 spiro atoms. The molecule has 2 aromatic carbocycles. The van der Waals surface area contributed by atoms with Crippen LogP contribution in [0.4, 0.5) is 5.69 Å². The van der Waals surface area contributed by atoms with E-state index in [1.165, 1.54) is 18.2 Å². The quantitative estimate of drug-likeness (QED) is 0.679. The molecule has 0 saturated heterocycles. The highest BCUT2D eigenvalue weighted by Gasteiger charge is 2.14. The van der Waals surface area contributed by atoms with Crippen LogP contribution in [-0.2, 0) is 6.54 Å². The smallest absolute Gasteiger partial charge is 0.271 e. The van der Waals surface area contributed by atoms with Crippen molar-refractivity contribution < 1.29 is 9.66 Å². The number of rotatable bonds is 4. The summed E-state index contributed by atoms with van der Waals surface area (Å²) in [5.41, 5.74) is 6.22. The molecular weight excluding hydrogens is 303 g/mol. The van der Waals surface area contributed by atoms with E-state index in [4.69, 9.17) is 33.7 Å². The number of hydrogen-bond acceptors (Lipinski definition) is 4. The Hall–Kier alpha value is -1.82. The molecule has 0 atom stereocenters. The number of nitro groups is 1. The highest BCUT2D eigenvalue weighted by molar-refractivity contribution is 6.33. The number of hydrogen-bond donors (Lipinski definition) is 1. The maximum Gasteiger partial charge on any atom is 0.271 e. The van der Waals surface area contributed by atoms with Crippen molar-refractivity contribution in [3.63, 3.8) is 0 Å². The van der Waals surface area contributed by atoms with Crippen molar-refractivity contribution in [1.82, 2.24) is 0 Å². The van der Waals surface area contributed by atoms with Crippen molar-refractivity contribution >= 4 is 28.9 Å². The molecule has 20 heavy (non-hydrogen) atoms. The van der Waals surface area contributed by atoms with E-state index in [1.807, 2.05) is 0 Å². The van der Waals surface area contributed by atoms with Crippen molar-refractivity contribution in [2.75, 3.05) is 0 Å². The zero-order valence-corrected chi connectivity index (χ0v) is 11.7. The molecule has 2 rings (SSSR count). The summed E-state index contributed by atoms with van der Waals surface area (Å²) in [5, 5.41) is 11.2. The lowest BCUT2D eigenvalue weighted by Crippen LogP contribution is -2.00. The van der Waals surface area contributed by atoms with Gasteiger partial charge in [-0.3, -0.25) is 10.1 Å². The second-order valence-corrected chi connectivity index (χ2v) is 4.72. The first-order chi connectivity index (χ1) is 9.52. The van der Waals surface area contributed by atoms with Gasteiger partial charge in [0, 0.05) is 24.2 Å². The lowest BCUT2D eigenvalue weighted by molar-refractivity contribution is -0.384. The van der Waals surface area contributed by atoms with E-state index >= 15 is 0 Å². The van der Waals surface area contributed by atoms with Crippen molar-refractivity contribution in [3.05, 3.63) is 62.1 Å². The SMILES string of the molecule is NCc1cccc(Cl)c1Oc1ccc([N+](=O)[O-])cc1Cl. The van der Waals surface area contributed by atoms with Crippen molar-refractivity contribution in [1.29, 1.82) is 0 Å². The standard InChI is InChI=1S/C13H10Cl2N2O3/c14-10-3-1-2-8(7-16)13(10)20-12-5-4-9(17(18)19)6-11(12)15/h1-6H,7,16H2. The maximum atomic E-state index is 10.6. The van der Waals surface area contributed by atoms with Crippen molar-refractivity contribution in [2.24, 2.45) is 5.73 Å². The fourth-order valence-corrected chi connectivity index (χ4v) is 2.07. The van der Waals surface area contributed by atoms with E-state index in [2.05, 4.69) is 0 Å². The highest BCUT2D eigenvalue weighted by atomic mass is 35.5. The number of nitrogens with two attached hydrogens (primary N) is 1. The van der Waals surface area contributed by atoms with E-state index in [1.54, 1.807) is 18.2 Å². The number of para-hydroxylation sites is 1. The summed E-state index contributed by atoms with van der Waals surface area (Å²) in [4.78, 5) is 10.1. The molecular formula is C13H10Cl2N2O3. The molecule has 5 nitrogen and oxygen atoms in total. The van der Waals surface area contributed by atoms with Gasteiger partial charge in [0.15, 0.2) is 5.75 Å². The summed E-state index contributed by atoms with van der Waals surface area (Å²) in [5.74, 6) is 0.674. The van der Waals surface area contributed by atoms with E-state index < -0.39 is 4.92 Å². The summed E-state index contributed by atoms with van der Waals surface area (Å²) in [7, 11) is 0. The van der Waals surface area contributed by atoms with Gasteiger partial charge in [0.25, 0.3) is 5.69 Å². The molecule has 0 aliphatic heterocycles. The number of ether oxygens (including phenoxy) is 1. The summed E-state index contributed by atoms with van der Waals surface area (Å²) < 4.78 is 5.63. The molecule has 0 radical (unpaired) electrons. The molecule has 0 aliphatic carbocycles. The third kappa shape index (κ3) is 3.01. The Morgan fingerprint density at radius 1 is 1.20 bits per heavy atom. The molecule has 104 valence electrons. The molecule has 0 saturated carbocycles. The number of halogens is 2. The Labute approximate surface area is 125 Å². The Bertz CT molecular complexity index is 662. The van der Waals surface area contributed by atoms with Gasteiger partial charge >= 0.3 is 0 Å². The van der Waals surface area contributed by atoms with Crippen LogP contribution in [0.25, 0.3) is 0 Å². The first-order valence-corrected chi connectivity index (χ1v) is 6.37. The molecule has 0 aromatic heterocycles. The van der Waals surface area contributed by atoms with Crippen LogP contribution in [0.5, 0.6) is 11.5 Å². The molecule has 0 fully saturated rings. The van der Waals surface area contributed by atoms with Gasteiger partial charge in [-0.05, 0) is 12.1 Å². The zero-order valence-electron chi connectivity index (χ0n) is 10.2. The average Bonchev–Trinajstić information content (AvgIpc) is 2.42. The van der Waals surface area contributed by atoms with Crippen LogP contribution < -0.4 is 10.5 Å². The second kappa shape index (κ2) is 6.09. The van der Waals surface area contributed by atoms with Gasteiger partial charge in [-0.25, -0.2) is 0 Å². The maximum absolute atomic E-state index is 10.6. The summed E-state index contributed by atoms with van der Waals surface area (Å²) >= 11 is 12.0. The summed E-state index contributed by atoms with van der Waals surface area (Å²) in [6.07, 6.45) is 0. The van der Waals surface area contributed by atoms with Gasteiger partial charge in [0.1, 0.15) is 5.75 Å². The molecule has 7 heteroatoms. The topological polar surface area (TPSA) is 78.4 Å². The third-order valence-corrected chi connectivity index (χ3v) is 3.20. The van der Waals surface area contributed by atoms with E-state index in [9.17, 15) is 10.1 Å². The van der Waals surface area contributed by atoms with E-state index in [0.29, 0.717) is 16.3 Å². The normalized spacial score (nSPS) is 10.3. The van der Waals surface area contributed by atoms with Gasteiger partial charge in [0.05, 0.1) is 15.0 Å². The van der Waals surface area contributed by atoms with Crippen LogP contribution in [0.1, 0.15) is 5.56 Å². The second-order valence-electron chi connectivity index (χ2n) is 3.91. The van der Waals surface area contributed by atoms with Crippen LogP contribution in [0, 0.1) is 10.1 Å². The minimum atomic E-state index is -0.531. The predicted molar refractivity (Wildman–Crippen MR) is 77.5 cm³/mol. The number of non-ortho nitro benzene ring substituents is 1. The largest absolute Gasteiger partial charge is 0.454 e. The van der Waals surface area contributed by atoms with Crippen LogP contribution in [0.3, 0.4) is 0 Å². The monoisotopic (exact) mass is 312 g/mol. The minimum Gasteiger partial charge on any atom is -0.454 e. The molecule has 2 aromatic rings. The summed E-state index contributed by atoms with van der Waals surface area (Å²) in [6, 6.07) is 9.14. The Kier molecular flexibility index (Phi) is 4.44. The van der Waals surface area contributed by atoms with Crippen molar-refractivity contribution in [3.8, 4) is 11.5 Å². The van der Waals surface area contributed by atoms with Crippen LogP contribution in [0.15, 0.2) is 36.4 Å². The molecule has 0 amide bonds.